The number of nitrogens with one attached hydrogen (secondary N) is 1. The Labute approximate surface area is 264 Å². The third-order valence-corrected chi connectivity index (χ3v) is 8.91. The average molecular weight is 632 g/mol. The van der Waals surface area contributed by atoms with Crippen molar-refractivity contribution in [3.05, 3.63) is 95.6 Å². The largest absolute Gasteiger partial charge is 0.416 e. The lowest BCUT2D eigenvalue weighted by molar-refractivity contribution is -0.137. The van der Waals surface area contributed by atoms with E-state index in [4.69, 9.17) is 0 Å². The summed E-state index contributed by atoms with van der Waals surface area (Å²) >= 11 is 0. The normalized spacial score (nSPS) is 14.8. The van der Waals surface area contributed by atoms with Crippen molar-refractivity contribution in [3.63, 3.8) is 0 Å². The Morgan fingerprint density at radius 3 is 2.00 bits per heavy atom. The fraction of sp³-hybridized carbons (Fsp3) is 0.457. The van der Waals surface area contributed by atoms with Gasteiger partial charge in [0.15, 0.2) is 0 Å². The summed E-state index contributed by atoms with van der Waals surface area (Å²) in [6, 6.07) is 22.7. The first kappa shape index (κ1) is 37.2. The lowest BCUT2D eigenvalue weighted by Crippen LogP contribution is -2.49. The monoisotopic (exact) mass is 631 g/mol. The van der Waals surface area contributed by atoms with Crippen molar-refractivity contribution in [2.24, 2.45) is 0 Å². The van der Waals surface area contributed by atoms with Gasteiger partial charge in [-0.1, -0.05) is 81.8 Å². The molecule has 1 amide bonds. The number of carbonyl (C=O) groups excluding carboxylic acids is 1. The molecule has 1 unspecified atom stereocenters. The maximum atomic E-state index is 13.3. The molecule has 0 aromatic heterocycles. The second-order valence-corrected chi connectivity index (χ2v) is 12.6. The number of amides is 1. The minimum absolute atomic E-state index is 0.0479. The Morgan fingerprint density at radius 2 is 1.52 bits per heavy atom. The topological polar surface area (TPSA) is 52.7 Å². The molecule has 4 rings (SSSR count). The molecule has 5 nitrogen and oxygen atoms in total. The lowest BCUT2D eigenvalue weighted by atomic mass is 10.0. The Bertz CT molecular complexity index is 1290. The second kappa shape index (κ2) is 18.1. The summed E-state index contributed by atoms with van der Waals surface area (Å²) in [5.41, 5.74) is 2.49. The first-order chi connectivity index (χ1) is 20.8. The summed E-state index contributed by atoms with van der Waals surface area (Å²) in [4.78, 5) is 14.7. The molecular formula is C35H48F3N3O2S. The van der Waals surface area contributed by atoms with Gasteiger partial charge in [-0.3, -0.25) is 9.69 Å². The molecule has 242 valence electrons. The molecule has 1 saturated heterocycles. The van der Waals surface area contributed by atoms with Crippen molar-refractivity contribution < 1.29 is 22.2 Å². The second-order valence-electron chi connectivity index (χ2n) is 11.2. The maximum Gasteiger partial charge on any atom is 0.416 e. The van der Waals surface area contributed by atoms with Gasteiger partial charge < -0.3 is 5.32 Å². The van der Waals surface area contributed by atoms with Crippen LogP contribution in [-0.4, -0.2) is 51.0 Å². The molecule has 1 atom stereocenters. The molecule has 3 aromatic carbocycles. The first-order valence-electron chi connectivity index (χ1n) is 15.4. The van der Waals surface area contributed by atoms with Crippen molar-refractivity contribution in [3.8, 4) is 0 Å². The van der Waals surface area contributed by atoms with E-state index in [0.717, 1.165) is 17.8 Å². The number of likely N-dealkylation sites (tertiary alicyclic amines) is 1. The first-order valence-corrected chi connectivity index (χ1v) is 16.5. The van der Waals surface area contributed by atoms with Crippen molar-refractivity contribution in [1.82, 2.24) is 9.21 Å². The van der Waals surface area contributed by atoms with Gasteiger partial charge in [-0.25, -0.2) is 8.51 Å². The van der Waals surface area contributed by atoms with Crippen molar-refractivity contribution >= 4 is 22.6 Å². The Hall–Kier alpha value is -3.01. The molecule has 0 bridgehead atoms. The number of hydrogen-bond donors (Lipinski definition) is 1. The van der Waals surface area contributed by atoms with Gasteiger partial charge in [-0.15, -0.1) is 0 Å². The predicted octanol–water partition coefficient (Wildman–Crippen LogP) is 8.69. The molecule has 0 saturated carbocycles. The quantitative estimate of drug-likeness (QED) is 0.271. The van der Waals surface area contributed by atoms with Gasteiger partial charge in [0.25, 0.3) is 0 Å². The third-order valence-electron chi connectivity index (χ3n) is 7.15. The van der Waals surface area contributed by atoms with E-state index in [1.807, 2.05) is 70.2 Å². The van der Waals surface area contributed by atoms with E-state index in [9.17, 15) is 22.2 Å². The van der Waals surface area contributed by atoms with Crippen LogP contribution in [0.1, 0.15) is 77.0 Å². The minimum atomic E-state index is -4.48. The van der Waals surface area contributed by atoms with E-state index in [1.165, 1.54) is 23.3 Å². The number of piperidine rings is 1. The Morgan fingerprint density at radius 1 is 0.932 bits per heavy atom. The fourth-order valence-corrected chi connectivity index (χ4v) is 6.40. The highest BCUT2D eigenvalue weighted by Crippen LogP contribution is 2.31. The molecule has 0 radical (unpaired) electrons. The highest BCUT2D eigenvalue weighted by molar-refractivity contribution is 7.82. The van der Waals surface area contributed by atoms with Crippen molar-refractivity contribution in [2.45, 2.75) is 90.4 Å². The molecule has 0 aliphatic carbocycles. The van der Waals surface area contributed by atoms with Crippen LogP contribution in [0.25, 0.3) is 0 Å². The third kappa shape index (κ3) is 11.8. The maximum absolute atomic E-state index is 13.3. The van der Waals surface area contributed by atoms with Gasteiger partial charge in [0, 0.05) is 30.9 Å². The van der Waals surface area contributed by atoms with Gasteiger partial charge in [0.05, 0.1) is 17.0 Å². The predicted molar refractivity (Wildman–Crippen MR) is 176 cm³/mol. The zero-order valence-electron chi connectivity index (χ0n) is 27.0. The summed E-state index contributed by atoms with van der Waals surface area (Å²) < 4.78 is 54.5. The van der Waals surface area contributed by atoms with Crippen LogP contribution in [0.5, 0.6) is 0 Å². The molecule has 9 heteroatoms. The van der Waals surface area contributed by atoms with Crippen LogP contribution in [0.4, 0.5) is 18.9 Å². The van der Waals surface area contributed by atoms with Crippen LogP contribution in [0.3, 0.4) is 0 Å². The zero-order chi connectivity index (χ0) is 32.9. The van der Waals surface area contributed by atoms with Crippen molar-refractivity contribution in [1.29, 1.82) is 0 Å². The van der Waals surface area contributed by atoms with Gasteiger partial charge in [0.1, 0.15) is 11.0 Å². The van der Waals surface area contributed by atoms with Gasteiger partial charge in [0.2, 0.25) is 5.91 Å². The summed E-state index contributed by atoms with van der Waals surface area (Å²) in [5, 5.41) is 2.93. The number of aryl methyl sites for hydroxylation is 1. The molecule has 1 aliphatic heterocycles. The number of rotatable bonds is 8. The van der Waals surface area contributed by atoms with Crippen LogP contribution < -0.4 is 5.32 Å². The van der Waals surface area contributed by atoms with E-state index in [0.29, 0.717) is 31.8 Å². The number of hydrogen-bond acceptors (Lipinski definition) is 3. The number of anilines is 1. The van der Waals surface area contributed by atoms with Gasteiger partial charge in [-0.2, -0.15) is 13.2 Å². The van der Waals surface area contributed by atoms with Crippen LogP contribution in [0.2, 0.25) is 0 Å². The molecular weight excluding hydrogens is 583 g/mol. The van der Waals surface area contributed by atoms with Gasteiger partial charge >= 0.3 is 6.18 Å². The molecule has 1 heterocycles. The standard InChI is InChI=1S/C26H34F3N3O2S.C7H8.C2H6/c1-18(2)20-8-10-22(11-9-20)30-25(33)17-31-14-12-23(13-15-31)32(19(3)4)35(34)24-7-5-6-21(16-24)26(27,28)29;1-7-5-3-2-4-6-7;1-2/h5-11,16,18-19,23H,12-15,17H2,1-4H3,(H,30,33);2-6H,1H3;1-2H3. The molecule has 1 N–H and O–H groups in total. The SMILES string of the molecule is CC.CC(C)c1ccc(NC(=O)CN2CCC(N(C(C)C)S(=O)c3cccc(C(F)(F)F)c3)CC2)cc1.Cc1ccccc1. The smallest absolute Gasteiger partial charge is 0.325 e. The molecule has 0 spiro atoms. The van der Waals surface area contributed by atoms with Crippen LogP contribution >= 0.6 is 0 Å². The molecule has 1 fully saturated rings. The van der Waals surface area contributed by atoms with Gasteiger partial charge in [-0.05, 0) is 75.4 Å². The van der Waals surface area contributed by atoms with E-state index in [1.54, 1.807) is 4.31 Å². The van der Waals surface area contributed by atoms with Crippen LogP contribution in [0, 0.1) is 6.92 Å². The molecule has 1 aliphatic rings. The summed E-state index contributed by atoms with van der Waals surface area (Å²) in [6.07, 6.45) is -3.12. The average Bonchev–Trinajstić information content (AvgIpc) is 2.99. The lowest BCUT2D eigenvalue weighted by Gasteiger charge is -2.39. The van der Waals surface area contributed by atoms with E-state index in [2.05, 4.69) is 43.1 Å². The van der Waals surface area contributed by atoms with E-state index < -0.39 is 22.7 Å². The zero-order valence-corrected chi connectivity index (χ0v) is 27.8. The highest BCUT2D eigenvalue weighted by Gasteiger charge is 2.34. The number of halogens is 3. The fourth-order valence-electron chi connectivity index (χ4n) is 4.87. The van der Waals surface area contributed by atoms with Crippen LogP contribution in [-0.2, 0) is 22.0 Å². The number of carbonyl (C=O) groups is 1. The van der Waals surface area contributed by atoms with Crippen molar-refractivity contribution in [2.75, 3.05) is 25.0 Å². The summed E-state index contributed by atoms with van der Waals surface area (Å²) in [7, 11) is -1.71. The van der Waals surface area contributed by atoms with E-state index in [-0.39, 0.29) is 29.4 Å². The summed E-state index contributed by atoms with van der Waals surface area (Å²) in [6.45, 7) is 15.7. The number of alkyl halides is 3. The summed E-state index contributed by atoms with van der Waals surface area (Å²) in [5.74, 6) is 0.336. The van der Waals surface area contributed by atoms with E-state index >= 15 is 0 Å². The molecule has 3 aromatic rings. The number of nitrogens with zero attached hydrogens (tertiary/aromatic N) is 2. The Balaban J connectivity index is 0.000000649. The molecule has 44 heavy (non-hydrogen) atoms. The number of benzene rings is 3. The van der Waals surface area contributed by atoms with Crippen LogP contribution in [0.15, 0.2) is 83.8 Å². The highest BCUT2D eigenvalue weighted by atomic mass is 32.2. The Kier molecular flexibility index (Phi) is 15.3. The minimum Gasteiger partial charge on any atom is -0.325 e.